The van der Waals surface area contributed by atoms with E-state index in [4.69, 9.17) is 0 Å². The Bertz CT molecular complexity index is 822. The van der Waals surface area contributed by atoms with Gasteiger partial charge in [-0.3, -0.25) is 30.6 Å². The molecule has 8 heteroatoms. The highest BCUT2D eigenvalue weighted by Crippen LogP contribution is 2.21. The third-order valence-electron chi connectivity index (χ3n) is 3.73. The molecule has 0 unspecified atom stereocenters. The minimum absolute atomic E-state index is 0.103. The first kappa shape index (κ1) is 19.5. The van der Waals surface area contributed by atoms with E-state index in [-0.39, 0.29) is 23.6 Å². The van der Waals surface area contributed by atoms with Gasteiger partial charge < -0.3 is 0 Å². The van der Waals surface area contributed by atoms with E-state index in [0.717, 1.165) is 4.90 Å². The molecule has 7 nitrogen and oxygen atoms in total. The number of nitro benzene ring substituents is 1. The average molecular weight is 373 g/mol. The summed E-state index contributed by atoms with van der Waals surface area (Å²) in [5.41, 5.74) is 7.18. The van der Waals surface area contributed by atoms with E-state index < -0.39 is 10.8 Å². The normalized spacial score (nSPS) is 10.2. The summed E-state index contributed by atoms with van der Waals surface area (Å²) in [5.74, 6) is -0.256. The second-order valence-electron chi connectivity index (χ2n) is 5.65. The third-order valence-corrected chi connectivity index (χ3v) is 4.73. The molecule has 2 amide bonds. The summed E-state index contributed by atoms with van der Waals surface area (Å²) >= 11 is 1.57. The number of hydrogen-bond donors (Lipinski definition) is 2. The van der Waals surface area contributed by atoms with Crippen LogP contribution >= 0.6 is 11.8 Å². The van der Waals surface area contributed by atoms with Crippen LogP contribution in [0.5, 0.6) is 0 Å². The first-order valence-corrected chi connectivity index (χ1v) is 8.89. The minimum Gasteiger partial charge on any atom is -0.273 e. The molecule has 2 aromatic rings. The van der Waals surface area contributed by atoms with Crippen molar-refractivity contribution < 1.29 is 14.5 Å². The lowest BCUT2D eigenvalue weighted by Crippen LogP contribution is -2.41. The lowest BCUT2D eigenvalue weighted by atomic mass is 10.1. The number of aryl methyl sites for hydroxylation is 2. The maximum atomic E-state index is 11.9. The second kappa shape index (κ2) is 9.00. The number of amides is 2. The van der Waals surface area contributed by atoms with Gasteiger partial charge in [-0.25, -0.2) is 0 Å². The van der Waals surface area contributed by atoms with E-state index >= 15 is 0 Å². The van der Waals surface area contributed by atoms with Crippen LogP contribution in [-0.2, 0) is 4.79 Å². The molecule has 136 valence electrons. The summed E-state index contributed by atoms with van der Waals surface area (Å²) in [5, 5.41) is 10.6. The molecule has 0 aromatic heterocycles. The number of hydrogen-bond acceptors (Lipinski definition) is 5. The van der Waals surface area contributed by atoms with Crippen molar-refractivity contribution in [1.29, 1.82) is 0 Å². The highest BCUT2D eigenvalue weighted by atomic mass is 32.2. The molecule has 0 aliphatic heterocycles. The fraction of sp³-hybridized carbons (Fsp3) is 0.222. The van der Waals surface area contributed by atoms with Crippen LogP contribution in [0.25, 0.3) is 0 Å². The van der Waals surface area contributed by atoms with E-state index in [2.05, 4.69) is 16.9 Å². The topological polar surface area (TPSA) is 101 Å². The number of nitrogens with one attached hydrogen (secondary N) is 2. The summed E-state index contributed by atoms with van der Waals surface area (Å²) in [6, 6.07) is 11.3. The number of benzene rings is 2. The SMILES string of the molecule is Cc1ccc(SCCC(=O)NNC(=O)c2ccc([N+](=O)[O-])cc2)cc1C. The minimum atomic E-state index is -0.545. The van der Waals surface area contributed by atoms with Gasteiger partial charge in [0.1, 0.15) is 0 Å². The Balaban J connectivity index is 1.74. The maximum Gasteiger partial charge on any atom is 0.269 e. The molecular weight excluding hydrogens is 354 g/mol. The number of thioether (sulfide) groups is 1. The lowest BCUT2D eigenvalue weighted by molar-refractivity contribution is -0.384. The number of hydrazine groups is 1. The van der Waals surface area contributed by atoms with Crippen LogP contribution in [0.1, 0.15) is 27.9 Å². The zero-order chi connectivity index (χ0) is 19.1. The summed E-state index contributed by atoms with van der Waals surface area (Å²) in [7, 11) is 0. The number of rotatable bonds is 6. The van der Waals surface area contributed by atoms with Crippen LogP contribution < -0.4 is 10.9 Å². The van der Waals surface area contributed by atoms with E-state index in [1.54, 1.807) is 11.8 Å². The van der Waals surface area contributed by atoms with Crippen LogP contribution in [-0.4, -0.2) is 22.5 Å². The van der Waals surface area contributed by atoms with Crippen LogP contribution in [0.4, 0.5) is 5.69 Å². The molecule has 0 spiro atoms. The summed E-state index contributed by atoms with van der Waals surface area (Å²) in [6.45, 7) is 4.09. The van der Waals surface area contributed by atoms with E-state index in [0.29, 0.717) is 5.75 Å². The monoisotopic (exact) mass is 373 g/mol. The summed E-state index contributed by atoms with van der Waals surface area (Å²) in [4.78, 5) is 34.8. The Labute approximate surface area is 155 Å². The predicted octanol–water partition coefficient (Wildman–Crippen LogP) is 3.16. The highest BCUT2D eigenvalue weighted by molar-refractivity contribution is 7.99. The summed E-state index contributed by atoms with van der Waals surface area (Å²) < 4.78 is 0. The molecule has 2 rings (SSSR count). The molecule has 0 radical (unpaired) electrons. The zero-order valence-electron chi connectivity index (χ0n) is 14.4. The Morgan fingerprint density at radius 2 is 1.73 bits per heavy atom. The van der Waals surface area contributed by atoms with Crippen molar-refractivity contribution in [3.05, 3.63) is 69.3 Å². The van der Waals surface area contributed by atoms with Gasteiger partial charge in [0.25, 0.3) is 11.6 Å². The standard InChI is InChI=1S/C18H19N3O4S/c1-12-3-8-16(11-13(12)2)26-10-9-17(22)19-20-18(23)14-4-6-15(7-5-14)21(24)25/h3-8,11H,9-10H2,1-2H3,(H,19,22)(H,20,23). The van der Waals surface area contributed by atoms with Crippen LogP contribution in [0, 0.1) is 24.0 Å². The number of nitro groups is 1. The predicted molar refractivity (Wildman–Crippen MR) is 100.0 cm³/mol. The van der Waals surface area contributed by atoms with Crippen LogP contribution in [0.3, 0.4) is 0 Å². The fourth-order valence-corrected chi connectivity index (χ4v) is 3.01. The van der Waals surface area contributed by atoms with E-state index in [9.17, 15) is 19.7 Å². The Kier molecular flexibility index (Phi) is 6.74. The number of carbonyl (C=O) groups excluding carboxylic acids is 2. The van der Waals surface area contributed by atoms with Crippen molar-refractivity contribution in [1.82, 2.24) is 10.9 Å². The van der Waals surface area contributed by atoms with E-state index in [1.165, 1.54) is 35.4 Å². The zero-order valence-corrected chi connectivity index (χ0v) is 15.3. The smallest absolute Gasteiger partial charge is 0.269 e. The highest BCUT2D eigenvalue weighted by Gasteiger charge is 2.10. The third kappa shape index (κ3) is 5.59. The van der Waals surface area contributed by atoms with Crippen molar-refractivity contribution in [2.75, 3.05) is 5.75 Å². The van der Waals surface area contributed by atoms with Gasteiger partial charge in [0.2, 0.25) is 5.91 Å². The Morgan fingerprint density at radius 1 is 1.04 bits per heavy atom. The average Bonchev–Trinajstić information content (AvgIpc) is 2.62. The number of carbonyl (C=O) groups is 2. The van der Waals surface area contributed by atoms with Gasteiger partial charge in [-0.15, -0.1) is 11.8 Å². The van der Waals surface area contributed by atoms with Crippen molar-refractivity contribution in [2.24, 2.45) is 0 Å². The molecule has 2 N–H and O–H groups in total. The Hall–Kier alpha value is -2.87. The van der Waals surface area contributed by atoms with Crippen molar-refractivity contribution in [3.8, 4) is 0 Å². The molecular formula is C18H19N3O4S. The maximum absolute atomic E-state index is 11.9. The molecule has 0 saturated carbocycles. The molecule has 0 bridgehead atoms. The van der Waals surface area contributed by atoms with Crippen molar-refractivity contribution in [3.63, 3.8) is 0 Å². The molecule has 0 atom stereocenters. The van der Waals surface area contributed by atoms with Gasteiger partial charge in [-0.2, -0.15) is 0 Å². The fourth-order valence-electron chi connectivity index (χ4n) is 2.06. The first-order valence-electron chi connectivity index (χ1n) is 7.90. The Morgan fingerprint density at radius 3 is 2.35 bits per heavy atom. The van der Waals surface area contributed by atoms with E-state index in [1.807, 2.05) is 26.0 Å². The molecule has 0 heterocycles. The summed E-state index contributed by atoms with van der Waals surface area (Å²) in [6.07, 6.45) is 0.248. The van der Waals surface area contributed by atoms with Crippen LogP contribution in [0.15, 0.2) is 47.4 Å². The van der Waals surface area contributed by atoms with Gasteiger partial charge in [0, 0.05) is 34.8 Å². The molecule has 0 saturated heterocycles. The van der Waals surface area contributed by atoms with Gasteiger partial charge in [0.15, 0.2) is 0 Å². The van der Waals surface area contributed by atoms with Crippen LogP contribution in [0.2, 0.25) is 0 Å². The quantitative estimate of drug-likeness (QED) is 0.460. The number of nitrogens with zero attached hydrogens (tertiary/aromatic N) is 1. The molecule has 0 aliphatic carbocycles. The van der Waals surface area contributed by atoms with Crippen molar-refractivity contribution >= 4 is 29.3 Å². The molecule has 0 aliphatic rings. The van der Waals surface area contributed by atoms with Gasteiger partial charge in [0.05, 0.1) is 4.92 Å². The lowest BCUT2D eigenvalue weighted by Gasteiger charge is -2.08. The van der Waals surface area contributed by atoms with Gasteiger partial charge in [-0.1, -0.05) is 6.07 Å². The number of non-ortho nitro benzene ring substituents is 1. The molecule has 2 aromatic carbocycles. The largest absolute Gasteiger partial charge is 0.273 e. The van der Waals surface area contributed by atoms with Crippen molar-refractivity contribution in [2.45, 2.75) is 25.2 Å². The van der Waals surface area contributed by atoms with Gasteiger partial charge >= 0.3 is 0 Å². The van der Waals surface area contributed by atoms with Gasteiger partial charge in [-0.05, 0) is 49.2 Å². The molecule has 26 heavy (non-hydrogen) atoms. The first-order chi connectivity index (χ1) is 12.4. The second-order valence-corrected chi connectivity index (χ2v) is 6.82. The molecule has 0 fully saturated rings.